The summed E-state index contributed by atoms with van der Waals surface area (Å²) in [6.45, 7) is 1.91. The number of pyridine rings is 1. The molecule has 0 spiro atoms. The molecule has 2 N–H and O–H groups in total. The summed E-state index contributed by atoms with van der Waals surface area (Å²) in [5.74, 6) is -0.210. The van der Waals surface area contributed by atoms with E-state index < -0.39 is 0 Å². The summed E-state index contributed by atoms with van der Waals surface area (Å²) in [6.07, 6.45) is 4.47. The molecule has 0 aliphatic rings. The molecule has 96 valence electrons. The number of hydrogen-bond donors (Lipinski definition) is 2. The molecular weight excluding hydrogens is 242 g/mol. The monoisotopic (exact) mass is 255 g/mol. The van der Waals surface area contributed by atoms with E-state index in [9.17, 15) is 9.90 Å². The zero-order valence-corrected chi connectivity index (χ0v) is 10.4. The van der Waals surface area contributed by atoms with E-state index in [1.807, 2.05) is 6.92 Å². The Labute approximate surface area is 110 Å². The smallest absolute Gasteiger partial charge is 0.271 e. The lowest BCUT2D eigenvalue weighted by Crippen LogP contribution is -2.17. The van der Waals surface area contributed by atoms with Crippen LogP contribution in [0.25, 0.3) is 0 Å². The van der Waals surface area contributed by atoms with Gasteiger partial charge in [-0.15, -0.1) is 0 Å². The van der Waals surface area contributed by atoms with Gasteiger partial charge < -0.3 is 5.11 Å². The molecule has 0 radical (unpaired) electrons. The van der Waals surface area contributed by atoms with Gasteiger partial charge in [0.2, 0.25) is 0 Å². The number of benzene rings is 1. The van der Waals surface area contributed by atoms with E-state index in [4.69, 9.17) is 0 Å². The van der Waals surface area contributed by atoms with Crippen molar-refractivity contribution < 1.29 is 9.90 Å². The quantitative estimate of drug-likeness (QED) is 0.649. The number of rotatable bonds is 3. The lowest BCUT2D eigenvalue weighted by atomic mass is 10.1. The Morgan fingerprint density at radius 3 is 2.79 bits per heavy atom. The van der Waals surface area contributed by atoms with E-state index in [0.29, 0.717) is 11.1 Å². The molecule has 19 heavy (non-hydrogen) atoms. The summed E-state index contributed by atoms with van der Waals surface area (Å²) in [6, 6.07) is 8.34. The number of carbonyl (C=O) groups is 1. The number of aromatic nitrogens is 1. The van der Waals surface area contributed by atoms with E-state index in [1.165, 1.54) is 18.6 Å². The zero-order valence-electron chi connectivity index (χ0n) is 10.4. The highest BCUT2D eigenvalue weighted by atomic mass is 16.3. The normalized spacial score (nSPS) is 10.6. The Morgan fingerprint density at radius 1 is 1.32 bits per heavy atom. The van der Waals surface area contributed by atoms with Gasteiger partial charge >= 0.3 is 0 Å². The molecule has 5 nitrogen and oxygen atoms in total. The van der Waals surface area contributed by atoms with Crippen molar-refractivity contribution in [1.29, 1.82) is 0 Å². The highest BCUT2D eigenvalue weighted by Crippen LogP contribution is 2.15. The van der Waals surface area contributed by atoms with Gasteiger partial charge in [-0.2, -0.15) is 5.10 Å². The number of carbonyl (C=O) groups excluding carboxylic acids is 1. The first-order valence-electron chi connectivity index (χ1n) is 5.70. The van der Waals surface area contributed by atoms with Crippen molar-refractivity contribution in [2.45, 2.75) is 6.92 Å². The van der Waals surface area contributed by atoms with Crippen LogP contribution in [0, 0.1) is 6.92 Å². The van der Waals surface area contributed by atoms with Crippen LogP contribution in [-0.4, -0.2) is 22.2 Å². The van der Waals surface area contributed by atoms with Crippen molar-refractivity contribution in [3.05, 3.63) is 59.4 Å². The first-order valence-corrected chi connectivity index (χ1v) is 5.70. The Balaban J connectivity index is 2.04. The van der Waals surface area contributed by atoms with Crippen LogP contribution >= 0.6 is 0 Å². The standard InChI is InChI=1S/C14H13N3O2/c1-10-2-3-13(18)12(8-10)9-16-17-14(19)11-4-6-15-7-5-11/h2-9,18H,1H3,(H,17,19)/b16-9-. The van der Waals surface area contributed by atoms with Gasteiger partial charge in [-0.25, -0.2) is 5.43 Å². The highest BCUT2D eigenvalue weighted by molar-refractivity contribution is 5.94. The van der Waals surface area contributed by atoms with Crippen LogP contribution in [-0.2, 0) is 0 Å². The molecule has 1 heterocycles. The van der Waals surface area contributed by atoms with Crippen LogP contribution in [0.5, 0.6) is 5.75 Å². The Bertz CT molecular complexity index is 609. The molecule has 0 aliphatic carbocycles. The minimum atomic E-state index is -0.328. The zero-order chi connectivity index (χ0) is 13.7. The Hall–Kier alpha value is -2.69. The lowest BCUT2D eigenvalue weighted by molar-refractivity contribution is 0.0955. The molecule has 0 bridgehead atoms. The van der Waals surface area contributed by atoms with Crippen molar-refractivity contribution in [1.82, 2.24) is 10.4 Å². The van der Waals surface area contributed by atoms with Gasteiger partial charge in [-0.3, -0.25) is 9.78 Å². The molecule has 2 rings (SSSR count). The summed E-state index contributed by atoms with van der Waals surface area (Å²) < 4.78 is 0. The molecule has 5 heteroatoms. The third-order valence-corrected chi connectivity index (χ3v) is 2.50. The van der Waals surface area contributed by atoms with Gasteiger partial charge in [0.1, 0.15) is 5.75 Å². The second kappa shape index (κ2) is 5.77. The SMILES string of the molecule is Cc1ccc(O)c(/C=N\NC(=O)c2ccncc2)c1. The predicted octanol–water partition coefficient (Wildman–Crippen LogP) is 1.86. The van der Waals surface area contributed by atoms with Gasteiger partial charge in [0, 0.05) is 23.5 Å². The summed E-state index contributed by atoms with van der Waals surface area (Å²) in [5.41, 5.74) is 4.41. The molecule has 0 saturated heterocycles. The van der Waals surface area contributed by atoms with Crippen molar-refractivity contribution in [3.63, 3.8) is 0 Å². The molecule has 0 saturated carbocycles. The first kappa shape index (κ1) is 12.8. The molecular formula is C14H13N3O2. The molecule has 0 aliphatic heterocycles. The maximum Gasteiger partial charge on any atom is 0.271 e. The number of aryl methyl sites for hydroxylation is 1. The van der Waals surface area contributed by atoms with Crippen LogP contribution in [0.4, 0.5) is 0 Å². The molecule has 2 aromatic rings. The number of nitrogens with one attached hydrogen (secondary N) is 1. The van der Waals surface area contributed by atoms with Crippen LogP contribution in [0.2, 0.25) is 0 Å². The fourth-order valence-electron chi connectivity index (χ4n) is 1.51. The highest BCUT2D eigenvalue weighted by Gasteiger charge is 2.02. The maximum atomic E-state index is 11.7. The van der Waals surface area contributed by atoms with Crippen LogP contribution in [0.15, 0.2) is 47.8 Å². The predicted molar refractivity (Wildman–Crippen MR) is 72.1 cm³/mol. The summed E-state index contributed by atoms with van der Waals surface area (Å²) in [4.78, 5) is 15.5. The lowest BCUT2D eigenvalue weighted by Gasteiger charge is -2.01. The summed E-state index contributed by atoms with van der Waals surface area (Å²) >= 11 is 0. The Morgan fingerprint density at radius 2 is 2.05 bits per heavy atom. The minimum Gasteiger partial charge on any atom is -0.507 e. The van der Waals surface area contributed by atoms with Gasteiger partial charge in [0.05, 0.1) is 6.21 Å². The largest absolute Gasteiger partial charge is 0.507 e. The van der Waals surface area contributed by atoms with Gasteiger partial charge in [0.25, 0.3) is 5.91 Å². The molecule has 1 aromatic carbocycles. The van der Waals surface area contributed by atoms with Gasteiger partial charge in [-0.1, -0.05) is 11.6 Å². The fraction of sp³-hybridized carbons (Fsp3) is 0.0714. The molecule has 1 amide bonds. The number of hydrogen-bond acceptors (Lipinski definition) is 4. The summed E-state index contributed by atoms with van der Waals surface area (Å²) in [7, 11) is 0. The number of phenols is 1. The molecule has 0 fully saturated rings. The average molecular weight is 255 g/mol. The van der Waals surface area contributed by atoms with Crippen LogP contribution in [0.3, 0.4) is 0 Å². The molecule has 0 unspecified atom stereocenters. The number of amides is 1. The van der Waals surface area contributed by atoms with Crippen LogP contribution < -0.4 is 5.43 Å². The minimum absolute atomic E-state index is 0.118. The Kier molecular flexibility index (Phi) is 3.87. The summed E-state index contributed by atoms with van der Waals surface area (Å²) in [5, 5.41) is 13.4. The van der Waals surface area contributed by atoms with Gasteiger partial charge in [0.15, 0.2) is 0 Å². The van der Waals surface area contributed by atoms with Crippen molar-refractivity contribution in [2.75, 3.05) is 0 Å². The number of hydrazone groups is 1. The molecule has 1 aromatic heterocycles. The van der Waals surface area contributed by atoms with E-state index in [1.54, 1.807) is 30.3 Å². The topological polar surface area (TPSA) is 74.6 Å². The number of nitrogens with zero attached hydrogens (tertiary/aromatic N) is 2. The van der Waals surface area contributed by atoms with Crippen molar-refractivity contribution in [2.24, 2.45) is 5.10 Å². The van der Waals surface area contributed by atoms with Crippen molar-refractivity contribution >= 4 is 12.1 Å². The second-order valence-electron chi connectivity index (χ2n) is 4.00. The van der Waals surface area contributed by atoms with Crippen LogP contribution in [0.1, 0.15) is 21.5 Å². The fourth-order valence-corrected chi connectivity index (χ4v) is 1.51. The van der Waals surface area contributed by atoms with E-state index >= 15 is 0 Å². The second-order valence-corrected chi connectivity index (χ2v) is 4.00. The number of phenolic OH excluding ortho intramolecular Hbond substituents is 1. The maximum absolute atomic E-state index is 11.7. The van der Waals surface area contributed by atoms with E-state index in [2.05, 4.69) is 15.5 Å². The number of aromatic hydroxyl groups is 1. The third-order valence-electron chi connectivity index (χ3n) is 2.50. The van der Waals surface area contributed by atoms with E-state index in [-0.39, 0.29) is 11.7 Å². The van der Waals surface area contributed by atoms with Crippen molar-refractivity contribution in [3.8, 4) is 5.75 Å². The third kappa shape index (κ3) is 3.38. The van der Waals surface area contributed by atoms with E-state index in [0.717, 1.165) is 5.56 Å². The first-order chi connectivity index (χ1) is 9.16. The molecule has 0 atom stereocenters. The average Bonchev–Trinajstić information content (AvgIpc) is 2.43. The van der Waals surface area contributed by atoms with Gasteiger partial charge in [-0.05, 0) is 31.2 Å².